The van der Waals surface area contributed by atoms with Gasteiger partial charge in [-0.05, 0) is 13.8 Å². The Kier molecular flexibility index (Phi) is 2.85. The molecule has 6 heteroatoms. The second-order valence-electron chi connectivity index (χ2n) is 2.92. The summed E-state index contributed by atoms with van der Waals surface area (Å²) >= 11 is 0. The van der Waals surface area contributed by atoms with E-state index in [1.165, 1.54) is 13.0 Å². The monoisotopic (exact) mass is 197 g/mol. The second-order valence-corrected chi connectivity index (χ2v) is 2.92. The molecule has 0 saturated heterocycles. The summed E-state index contributed by atoms with van der Waals surface area (Å²) in [6, 6.07) is 0.753. The zero-order valence-electron chi connectivity index (χ0n) is 7.90. The summed E-state index contributed by atoms with van der Waals surface area (Å²) in [5, 5.41) is 5.86. The third-order valence-corrected chi connectivity index (χ3v) is 1.63. The minimum absolute atomic E-state index is 0.135. The Hall–Kier alpha value is -1.85. The Balaban J connectivity index is 2.63. The quantitative estimate of drug-likeness (QED) is 0.687. The fraction of sp³-hybridized carbons (Fsp3) is 0.375. The van der Waals surface area contributed by atoms with Gasteiger partial charge in [-0.25, -0.2) is 0 Å². The lowest BCUT2D eigenvalue weighted by molar-refractivity contribution is -0.119. The van der Waals surface area contributed by atoms with Crippen molar-refractivity contribution in [3.8, 4) is 0 Å². The van der Waals surface area contributed by atoms with Crippen LogP contribution >= 0.6 is 0 Å². The molecule has 0 spiro atoms. The molecule has 1 atom stereocenters. The maximum atomic E-state index is 11.3. The van der Waals surface area contributed by atoms with Gasteiger partial charge in [0, 0.05) is 6.07 Å². The van der Waals surface area contributed by atoms with Gasteiger partial charge in [-0.15, -0.1) is 0 Å². The standard InChI is InChI=1S/C8H11N3O3/c1-4-3-6(11-14-4)8(13)10-5(2)7(9)12/h3,5H,1-2H3,(H2,9,12)(H,10,13)/t5-/m0/s1. The highest BCUT2D eigenvalue weighted by atomic mass is 16.5. The van der Waals surface area contributed by atoms with Crippen molar-refractivity contribution in [2.75, 3.05) is 0 Å². The number of carbonyl (C=O) groups is 2. The van der Waals surface area contributed by atoms with Crippen molar-refractivity contribution in [1.29, 1.82) is 0 Å². The first-order chi connectivity index (χ1) is 6.50. The summed E-state index contributed by atoms with van der Waals surface area (Å²) in [5.74, 6) is -0.548. The van der Waals surface area contributed by atoms with Gasteiger partial charge < -0.3 is 15.6 Å². The summed E-state index contributed by atoms with van der Waals surface area (Å²) < 4.78 is 4.70. The van der Waals surface area contributed by atoms with E-state index in [2.05, 4.69) is 10.5 Å². The third-order valence-electron chi connectivity index (χ3n) is 1.63. The molecule has 76 valence electrons. The summed E-state index contributed by atoms with van der Waals surface area (Å²) in [6.07, 6.45) is 0. The molecular weight excluding hydrogens is 186 g/mol. The number of aryl methyl sites for hydroxylation is 1. The van der Waals surface area contributed by atoms with Crippen LogP contribution < -0.4 is 11.1 Å². The van der Waals surface area contributed by atoms with Gasteiger partial charge in [-0.3, -0.25) is 9.59 Å². The molecule has 14 heavy (non-hydrogen) atoms. The minimum Gasteiger partial charge on any atom is -0.368 e. The summed E-state index contributed by atoms with van der Waals surface area (Å²) in [4.78, 5) is 22.0. The zero-order chi connectivity index (χ0) is 10.7. The molecule has 1 heterocycles. The van der Waals surface area contributed by atoms with Crippen LogP contribution in [0.15, 0.2) is 10.6 Å². The van der Waals surface area contributed by atoms with Crippen LogP contribution in [0.2, 0.25) is 0 Å². The van der Waals surface area contributed by atoms with E-state index < -0.39 is 17.9 Å². The third kappa shape index (κ3) is 2.32. The fourth-order valence-electron chi connectivity index (χ4n) is 0.815. The van der Waals surface area contributed by atoms with E-state index in [-0.39, 0.29) is 5.69 Å². The number of nitrogens with two attached hydrogens (primary N) is 1. The number of nitrogens with zero attached hydrogens (tertiary/aromatic N) is 1. The maximum Gasteiger partial charge on any atom is 0.274 e. The van der Waals surface area contributed by atoms with Crippen molar-refractivity contribution in [3.05, 3.63) is 17.5 Å². The van der Waals surface area contributed by atoms with E-state index in [4.69, 9.17) is 10.3 Å². The van der Waals surface area contributed by atoms with Crippen LogP contribution in [-0.4, -0.2) is 23.0 Å². The molecule has 1 rings (SSSR count). The molecular formula is C8H11N3O3. The van der Waals surface area contributed by atoms with Crippen molar-refractivity contribution in [2.45, 2.75) is 19.9 Å². The van der Waals surface area contributed by atoms with E-state index in [1.54, 1.807) is 6.92 Å². The highest BCUT2D eigenvalue weighted by Gasteiger charge is 2.16. The van der Waals surface area contributed by atoms with Crippen LogP contribution in [-0.2, 0) is 4.79 Å². The Morgan fingerprint density at radius 2 is 2.29 bits per heavy atom. The van der Waals surface area contributed by atoms with Crippen molar-refractivity contribution < 1.29 is 14.1 Å². The van der Waals surface area contributed by atoms with E-state index in [0.717, 1.165) is 0 Å². The molecule has 0 bridgehead atoms. The first-order valence-electron chi connectivity index (χ1n) is 4.04. The van der Waals surface area contributed by atoms with Gasteiger partial charge in [0.25, 0.3) is 5.91 Å². The molecule has 0 aliphatic carbocycles. The number of amides is 2. The van der Waals surface area contributed by atoms with E-state index in [9.17, 15) is 9.59 Å². The molecule has 0 aromatic carbocycles. The normalized spacial score (nSPS) is 12.1. The van der Waals surface area contributed by atoms with Gasteiger partial charge in [0.05, 0.1) is 0 Å². The van der Waals surface area contributed by atoms with Gasteiger partial charge in [-0.1, -0.05) is 5.16 Å². The lowest BCUT2D eigenvalue weighted by Gasteiger charge is -2.07. The number of carbonyl (C=O) groups excluding carboxylic acids is 2. The smallest absolute Gasteiger partial charge is 0.274 e. The summed E-state index contributed by atoms with van der Waals surface area (Å²) in [5.41, 5.74) is 5.10. The predicted octanol–water partition coefficient (Wildman–Crippen LogP) is -0.413. The van der Waals surface area contributed by atoms with Crippen LogP contribution in [0.4, 0.5) is 0 Å². The molecule has 0 radical (unpaired) electrons. The first kappa shape index (κ1) is 10.2. The molecule has 1 aromatic heterocycles. The van der Waals surface area contributed by atoms with Gasteiger partial charge in [-0.2, -0.15) is 0 Å². The van der Waals surface area contributed by atoms with Crippen molar-refractivity contribution in [3.63, 3.8) is 0 Å². The molecule has 6 nitrogen and oxygen atoms in total. The molecule has 2 amide bonds. The number of hydrogen-bond donors (Lipinski definition) is 2. The average molecular weight is 197 g/mol. The number of hydrogen-bond acceptors (Lipinski definition) is 4. The van der Waals surface area contributed by atoms with Crippen LogP contribution in [0.25, 0.3) is 0 Å². The summed E-state index contributed by atoms with van der Waals surface area (Å²) in [7, 11) is 0. The number of aromatic nitrogens is 1. The Morgan fingerprint density at radius 1 is 1.64 bits per heavy atom. The van der Waals surface area contributed by atoms with Gasteiger partial charge >= 0.3 is 0 Å². The molecule has 0 aliphatic rings. The first-order valence-corrected chi connectivity index (χ1v) is 4.04. The molecule has 0 fully saturated rings. The average Bonchev–Trinajstić information content (AvgIpc) is 2.51. The van der Waals surface area contributed by atoms with Gasteiger partial charge in [0.15, 0.2) is 5.69 Å². The zero-order valence-corrected chi connectivity index (χ0v) is 7.90. The number of nitrogens with one attached hydrogen (secondary N) is 1. The maximum absolute atomic E-state index is 11.3. The Labute approximate surface area is 80.4 Å². The second kappa shape index (κ2) is 3.91. The van der Waals surface area contributed by atoms with Crippen molar-refractivity contribution in [1.82, 2.24) is 10.5 Å². The molecule has 1 aromatic rings. The van der Waals surface area contributed by atoms with Crippen LogP contribution in [0, 0.1) is 6.92 Å². The van der Waals surface area contributed by atoms with E-state index in [1.807, 2.05) is 0 Å². The summed E-state index contributed by atoms with van der Waals surface area (Å²) in [6.45, 7) is 3.16. The SMILES string of the molecule is Cc1cc(C(=O)N[C@@H](C)C(N)=O)no1. The number of primary amides is 1. The topological polar surface area (TPSA) is 98.2 Å². The minimum atomic E-state index is -0.723. The van der Waals surface area contributed by atoms with E-state index in [0.29, 0.717) is 5.76 Å². The van der Waals surface area contributed by atoms with Crippen molar-refractivity contribution in [2.24, 2.45) is 5.73 Å². The van der Waals surface area contributed by atoms with Gasteiger partial charge in [0.2, 0.25) is 5.91 Å². The predicted molar refractivity (Wildman–Crippen MR) is 47.4 cm³/mol. The molecule has 3 N–H and O–H groups in total. The highest BCUT2D eigenvalue weighted by molar-refractivity contribution is 5.95. The van der Waals surface area contributed by atoms with Crippen LogP contribution in [0.3, 0.4) is 0 Å². The highest BCUT2D eigenvalue weighted by Crippen LogP contribution is 2.01. The van der Waals surface area contributed by atoms with Gasteiger partial charge in [0.1, 0.15) is 11.8 Å². The Bertz CT molecular complexity index is 358. The largest absolute Gasteiger partial charge is 0.368 e. The number of rotatable bonds is 3. The lowest BCUT2D eigenvalue weighted by Crippen LogP contribution is -2.42. The lowest BCUT2D eigenvalue weighted by atomic mass is 10.3. The van der Waals surface area contributed by atoms with E-state index >= 15 is 0 Å². The van der Waals surface area contributed by atoms with Crippen molar-refractivity contribution >= 4 is 11.8 Å². The fourth-order valence-corrected chi connectivity index (χ4v) is 0.815. The van der Waals surface area contributed by atoms with Crippen LogP contribution in [0.1, 0.15) is 23.2 Å². The Morgan fingerprint density at radius 3 is 2.71 bits per heavy atom. The molecule has 0 saturated carbocycles. The van der Waals surface area contributed by atoms with Crippen LogP contribution in [0.5, 0.6) is 0 Å². The molecule has 0 aliphatic heterocycles. The molecule has 0 unspecified atom stereocenters.